The summed E-state index contributed by atoms with van der Waals surface area (Å²) in [5, 5.41) is 11.8. The van der Waals surface area contributed by atoms with Crippen LogP contribution in [0.5, 0.6) is 0 Å². The fourth-order valence-corrected chi connectivity index (χ4v) is 3.65. The molecule has 0 spiro atoms. The molecule has 1 N–H and O–H groups in total. The van der Waals surface area contributed by atoms with Crippen molar-refractivity contribution >= 4 is 0 Å². The van der Waals surface area contributed by atoms with E-state index in [4.69, 9.17) is 0 Å². The molecule has 3 heterocycles. The molecule has 0 saturated carbocycles. The minimum absolute atomic E-state index is 0.176. The fourth-order valence-electron chi connectivity index (χ4n) is 3.65. The number of aromatic nitrogens is 4. The molecule has 25 heavy (non-hydrogen) atoms. The molecule has 1 aliphatic heterocycles. The highest BCUT2D eigenvalue weighted by Gasteiger charge is 2.26. The predicted octanol–water partition coefficient (Wildman–Crippen LogP) is 3.16. The third-order valence-electron chi connectivity index (χ3n) is 4.94. The van der Waals surface area contributed by atoms with Crippen molar-refractivity contribution in [3.8, 4) is 11.4 Å². The van der Waals surface area contributed by atoms with Crippen LogP contribution in [0.4, 0.5) is 4.39 Å². The summed E-state index contributed by atoms with van der Waals surface area (Å²) < 4.78 is 14.9. The van der Waals surface area contributed by atoms with Gasteiger partial charge in [-0.25, -0.2) is 4.39 Å². The Kier molecular flexibility index (Phi) is 4.36. The Bertz CT molecular complexity index is 836. The lowest BCUT2D eigenvalue weighted by Crippen LogP contribution is -2.30. The normalized spacial score (nSPS) is 18.1. The Hall–Kier alpha value is -2.47. The minimum atomic E-state index is -0.176. The predicted molar refractivity (Wildman–Crippen MR) is 94.3 cm³/mol. The van der Waals surface area contributed by atoms with E-state index >= 15 is 0 Å². The van der Waals surface area contributed by atoms with Crippen molar-refractivity contribution in [3.05, 3.63) is 59.7 Å². The van der Waals surface area contributed by atoms with Crippen LogP contribution in [0.15, 0.2) is 42.7 Å². The fraction of sp³-hybridized carbons (Fsp3) is 0.368. The molecule has 5 nitrogen and oxygen atoms in total. The summed E-state index contributed by atoms with van der Waals surface area (Å²) >= 11 is 0. The average Bonchev–Trinajstić information content (AvgIpc) is 3.32. The summed E-state index contributed by atoms with van der Waals surface area (Å²) in [6.07, 6.45) is 7.16. The van der Waals surface area contributed by atoms with Gasteiger partial charge in [-0.2, -0.15) is 10.2 Å². The lowest BCUT2D eigenvalue weighted by molar-refractivity contribution is 0.244. The van der Waals surface area contributed by atoms with Crippen molar-refractivity contribution in [2.45, 2.75) is 31.8 Å². The summed E-state index contributed by atoms with van der Waals surface area (Å²) in [5.41, 5.74) is 4.28. The summed E-state index contributed by atoms with van der Waals surface area (Å²) in [4.78, 5) is 2.50. The first-order valence-corrected chi connectivity index (χ1v) is 8.70. The Morgan fingerprint density at radius 2 is 2.08 bits per heavy atom. The third kappa shape index (κ3) is 3.49. The van der Waals surface area contributed by atoms with E-state index in [1.165, 1.54) is 24.0 Å². The van der Waals surface area contributed by atoms with E-state index in [0.29, 0.717) is 6.04 Å². The molecular formula is C19H22FN5. The first-order valence-electron chi connectivity index (χ1n) is 8.70. The summed E-state index contributed by atoms with van der Waals surface area (Å²) in [7, 11) is 1.92. The zero-order valence-electron chi connectivity index (χ0n) is 14.3. The summed E-state index contributed by atoms with van der Waals surface area (Å²) in [6.45, 7) is 1.94. The van der Waals surface area contributed by atoms with Crippen LogP contribution >= 0.6 is 0 Å². The molecule has 3 aromatic rings. The van der Waals surface area contributed by atoms with Gasteiger partial charge in [0.1, 0.15) is 11.5 Å². The maximum absolute atomic E-state index is 13.1. The van der Waals surface area contributed by atoms with E-state index in [1.807, 2.05) is 37.6 Å². The van der Waals surface area contributed by atoms with E-state index in [9.17, 15) is 4.39 Å². The van der Waals surface area contributed by atoms with Gasteiger partial charge in [-0.05, 0) is 49.6 Å². The Labute approximate surface area is 146 Å². The highest BCUT2D eigenvalue weighted by atomic mass is 19.1. The molecule has 4 rings (SSSR count). The van der Waals surface area contributed by atoms with Crippen LogP contribution in [0.2, 0.25) is 0 Å². The number of H-pyrrole nitrogens is 1. The van der Waals surface area contributed by atoms with E-state index in [-0.39, 0.29) is 5.82 Å². The molecule has 1 fully saturated rings. The van der Waals surface area contributed by atoms with Crippen molar-refractivity contribution in [3.63, 3.8) is 0 Å². The van der Waals surface area contributed by atoms with E-state index < -0.39 is 0 Å². The maximum atomic E-state index is 13.1. The van der Waals surface area contributed by atoms with Gasteiger partial charge in [-0.3, -0.25) is 14.7 Å². The smallest absolute Gasteiger partial charge is 0.123 e. The zero-order chi connectivity index (χ0) is 17.2. The lowest BCUT2D eigenvalue weighted by Gasteiger charge is -2.24. The average molecular weight is 339 g/mol. The number of nitrogens with zero attached hydrogens (tertiary/aromatic N) is 4. The molecule has 130 valence electrons. The standard InChI is InChI=1S/C19H22FN5/c1-24-10-8-18(23-24)19-15(12-21-22-19)13-25-9-2-3-17(25)11-14-4-6-16(20)7-5-14/h4-8,10,12,17H,2-3,9,11,13H2,1H3,(H,21,22). The van der Waals surface area contributed by atoms with Crippen molar-refractivity contribution in [2.24, 2.45) is 7.05 Å². The molecule has 1 saturated heterocycles. The number of benzene rings is 1. The quantitative estimate of drug-likeness (QED) is 0.777. The van der Waals surface area contributed by atoms with Crippen molar-refractivity contribution in [2.75, 3.05) is 6.54 Å². The largest absolute Gasteiger partial charge is 0.296 e. The maximum Gasteiger partial charge on any atom is 0.123 e. The molecule has 0 radical (unpaired) electrons. The molecule has 6 heteroatoms. The van der Waals surface area contributed by atoms with Gasteiger partial charge >= 0.3 is 0 Å². The lowest BCUT2D eigenvalue weighted by atomic mass is 10.0. The van der Waals surface area contributed by atoms with Gasteiger partial charge in [0, 0.05) is 31.4 Å². The zero-order valence-corrected chi connectivity index (χ0v) is 14.3. The van der Waals surface area contributed by atoms with Gasteiger partial charge < -0.3 is 0 Å². The number of aromatic amines is 1. The SMILES string of the molecule is Cn1ccc(-c2[nH]ncc2CN2CCCC2Cc2ccc(F)cc2)n1. The molecule has 1 atom stereocenters. The van der Waals surface area contributed by atoms with E-state index in [2.05, 4.69) is 20.2 Å². The number of aryl methyl sites for hydroxylation is 1. The van der Waals surface area contributed by atoms with Gasteiger partial charge in [-0.15, -0.1) is 0 Å². The Morgan fingerprint density at radius 1 is 1.24 bits per heavy atom. The van der Waals surface area contributed by atoms with Crippen molar-refractivity contribution in [1.82, 2.24) is 24.9 Å². The molecule has 1 unspecified atom stereocenters. The van der Waals surface area contributed by atoms with Crippen LogP contribution < -0.4 is 0 Å². The number of halogens is 1. The summed E-state index contributed by atoms with van der Waals surface area (Å²) in [6, 6.07) is 9.36. The molecule has 2 aromatic heterocycles. The van der Waals surface area contributed by atoms with Gasteiger partial charge in [0.2, 0.25) is 0 Å². The van der Waals surface area contributed by atoms with E-state index in [1.54, 1.807) is 16.8 Å². The second-order valence-corrected chi connectivity index (χ2v) is 6.74. The molecule has 0 amide bonds. The van der Waals surface area contributed by atoms with Crippen LogP contribution in [0.25, 0.3) is 11.4 Å². The van der Waals surface area contributed by atoms with Gasteiger partial charge in [0.15, 0.2) is 0 Å². The minimum Gasteiger partial charge on any atom is -0.296 e. The highest BCUT2D eigenvalue weighted by molar-refractivity contribution is 5.57. The highest BCUT2D eigenvalue weighted by Crippen LogP contribution is 2.26. The van der Waals surface area contributed by atoms with Crippen LogP contribution in [0.3, 0.4) is 0 Å². The van der Waals surface area contributed by atoms with Crippen molar-refractivity contribution in [1.29, 1.82) is 0 Å². The monoisotopic (exact) mass is 339 g/mol. The Morgan fingerprint density at radius 3 is 2.84 bits per heavy atom. The third-order valence-corrected chi connectivity index (χ3v) is 4.94. The number of nitrogens with one attached hydrogen (secondary N) is 1. The van der Waals surface area contributed by atoms with Gasteiger partial charge in [0.05, 0.1) is 11.9 Å². The molecule has 0 aliphatic carbocycles. The first kappa shape index (κ1) is 16.0. The Balaban J connectivity index is 1.48. The van der Waals surface area contributed by atoms with Crippen molar-refractivity contribution < 1.29 is 4.39 Å². The van der Waals surface area contributed by atoms with E-state index in [0.717, 1.165) is 30.9 Å². The number of hydrogen-bond acceptors (Lipinski definition) is 3. The first-order chi connectivity index (χ1) is 12.2. The van der Waals surface area contributed by atoms with Crippen LogP contribution in [-0.4, -0.2) is 37.5 Å². The van der Waals surface area contributed by atoms with Gasteiger partial charge in [-0.1, -0.05) is 12.1 Å². The van der Waals surface area contributed by atoms with Crippen LogP contribution in [0, 0.1) is 5.82 Å². The van der Waals surface area contributed by atoms with Crippen LogP contribution in [-0.2, 0) is 20.0 Å². The number of likely N-dealkylation sites (tertiary alicyclic amines) is 1. The second-order valence-electron chi connectivity index (χ2n) is 6.74. The van der Waals surface area contributed by atoms with Crippen LogP contribution in [0.1, 0.15) is 24.0 Å². The molecular weight excluding hydrogens is 317 g/mol. The second kappa shape index (κ2) is 6.80. The topological polar surface area (TPSA) is 49.7 Å². The number of rotatable bonds is 5. The molecule has 1 aromatic carbocycles. The molecule has 1 aliphatic rings. The van der Waals surface area contributed by atoms with Gasteiger partial charge in [0.25, 0.3) is 0 Å². The number of hydrogen-bond donors (Lipinski definition) is 1. The summed E-state index contributed by atoms with van der Waals surface area (Å²) in [5.74, 6) is -0.176. The molecule has 0 bridgehead atoms.